The molecule has 2 rings (SSSR count). The van der Waals surface area contributed by atoms with Gasteiger partial charge in [0.1, 0.15) is 0 Å². The Morgan fingerprint density at radius 1 is 1.33 bits per heavy atom. The SMILES string of the molecule is CCCc1cc(CCl)cc(OCC2CCCC2)n1. The van der Waals surface area contributed by atoms with Gasteiger partial charge in [-0.05, 0) is 36.8 Å². The van der Waals surface area contributed by atoms with Gasteiger partial charge in [-0.3, -0.25) is 0 Å². The number of rotatable bonds is 6. The molecule has 1 heterocycles. The summed E-state index contributed by atoms with van der Waals surface area (Å²) >= 11 is 5.91. The topological polar surface area (TPSA) is 22.1 Å². The maximum absolute atomic E-state index is 5.91. The van der Waals surface area contributed by atoms with Gasteiger partial charge in [0.15, 0.2) is 0 Å². The summed E-state index contributed by atoms with van der Waals surface area (Å²) in [6.07, 6.45) is 7.40. The van der Waals surface area contributed by atoms with Crippen LogP contribution < -0.4 is 4.74 Å². The summed E-state index contributed by atoms with van der Waals surface area (Å²) in [5.41, 5.74) is 2.20. The van der Waals surface area contributed by atoms with E-state index in [1.807, 2.05) is 6.07 Å². The molecule has 0 N–H and O–H groups in total. The standard InChI is InChI=1S/C15H22ClNO/c1-2-5-14-8-13(10-16)9-15(17-14)18-11-12-6-3-4-7-12/h8-9,12H,2-7,10-11H2,1H3. The zero-order valence-electron chi connectivity index (χ0n) is 11.1. The van der Waals surface area contributed by atoms with Crippen molar-refractivity contribution < 1.29 is 4.74 Å². The van der Waals surface area contributed by atoms with Crippen molar-refractivity contribution >= 4 is 11.6 Å². The van der Waals surface area contributed by atoms with Crippen LogP contribution in [0.15, 0.2) is 12.1 Å². The van der Waals surface area contributed by atoms with E-state index in [0.29, 0.717) is 5.88 Å². The fourth-order valence-electron chi connectivity index (χ4n) is 2.54. The molecule has 0 unspecified atom stereocenters. The lowest BCUT2D eigenvalue weighted by atomic mass is 10.1. The van der Waals surface area contributed by atoms with Gasteiger partial charge >= 0.3 is 0 Å². The molecule has 3 heteroatoms. The highest BCUT2D eigenvalue weighted by molar-refractivity contribution is 6.17. The van der Waals surface area contributed by atoms with Crippen molar-refractivity contribution in [1.82, 2.24) is 4.98 Å². The minimum atomic E-state index is 0.527. The van der Waals surface area contributed by atoms with Crippen LogP contribution in [0.25, 0.3) is 0 Å². The smallest absolute Gasteiger partial charge is 0.213 e. The molecule has 0 spiro atoms. The lowest BCUT2D eigenvalue weighted by Crippen LogP contribution is -2.09. The number of hydrogen-bond acceptors (Lipinski definition) is 2. The van der Waals surface area contributed by atoms with E-state index in [-0.39, 0.29) is 0 Å². The van der Waals surface area contributed by atoms with Gasteiger partial charge in [0.2, 0.25) is 5.88 Å². The lowest BCUT2D eigenvalue weighted by molar-refractivity contribution is 0.243. The quantitative estimate of drug-likeness (QED) is 0.715. The Bertz CT molecular complexity index is 375. The highest BCUT2D eigenvalue weighted by atomic mass is 35.5. The summed E-state index contributed by atoms with van der Waals surface area (Å²) in [6, 6.07) is 4.06. The molecule has 1 aliphatic rings. The highest BCUT2D eigenvalue weighted by Gasteiger charge is 2.16. The van der Waals surface area contributed by atoms with E-state index >= 15 is 0 Å². The molecule has 2 nitrogen and oxygen atoms in total. The predicted molar refractivity (Wildman–Crippen MR) is 75.2 cm³/mol. The fraction of sp³-hybridized carbons (Fsp3) is 0.667. The molecule has 1 aromatic heterocycles. The summed E-state index contributed by atoms with van der Waals surface area (Å²) in [4.78, 5) is 4.55. The predicted octanol–water partition coefficient (Wildman–Crippen LogP) is 4.34. The van der Waals surface area contributed by atoms with Crippen molar-refractivity contribution in [3.05, 3.63) is 23.4 Å². The maximum atomic E-state index is 5.91. The third kappa shape index (κ3) is 3.88. The van der Waals surface area contributed by atoms with Crippen molar-refractivity contribution in [3.63, 3.8) is 0 Å². The van der Waals surface area contributed by atoms with E-state index in [9.17, 15) is 0 Å². The lowest BCUT2D eigenvalue weighted by Gasteiger charge is -2.12. The molecular weight excluding hydrogens is 246 g/mol. The van der Waals surface area contributed by atoms with E-state index in [1.54, 1.807) is 0 Å². The van der Waals surface area contributed by atoms with Crippen molar-refractivity contribution in [1.29, 1.82) is 0 Å². The number of hydrogen-bond donors (Lipinski definition) is 0. The Hall–Kier alpha value is -0.760. The van der Waals surface area contributed by atoms with Gasteiger partial charge in [-0.15, -0.1) is 11.6 Å². The molecule has 1 saturated carbocycles. The minimum Gasteiger partial charge on any atom is -0.477 e. The second kappa shape index (κ2) is 6.98. The van der Waals surface area contributed by atoms with Crippen LogP contribution in [0.1, 0.15) is 50.3 Å². The monoisotopic (exact) mass is 267 g/mol. The third-order valence-corrected chi connectivity index (χ3v) is 3.83. The molecule has 0 amide bonds. The van der Waals surface area contributed by atoms with Crippen molar-refractivity contribution in [2.45, 2.75) is 51.3 Å². The van der Waals surface area contributed by atoms with Crippen LogP contribution in [-0.4, -0.2) is 11.6 Å². The van der Waals surface area contributed by atoms with Crippen LogP contribution in [-0.2, 0) is 12.3 Å². The molecular formula is C15H22ClNO. The second-order valence-corrected chi connectivity index (χ2v) is 5.42. The van der Waals surface area contributed by atoms with E-state index in [0.717, 1.165) is 42.5 Å². The van der Waals surface area contributed by atoms with Gasteiger partial charge in [0.25, 0.3) is 0 Å². The first-order chi connectivity index (χ1) is 8.81. The Labute approximate surface area is 115 Å². The first-order valence-corrected chi connectivity index (χ1v) is 7.54. The number of aryl methyl sites for hydroxylation is 1. The number of nitrogens with zero attached hydrogens (tertiary/aromatic N) is 1. The Morgan fingerprint density at radius 2 is 2.11 bits per heavy atom. The molecule has 1 aliphatic carbocycles. The van der Waals surface area contributed by atoms with E-state index < -0.39 is 0 Å². The van der Waals surface area contributed by atoms with Gasteiger partial charge in [-0.2, -0.15) is 0 Å². The summed E-state index contributed by atoms with van der Waals surface area (Å²) in [5.74, 6) is 2.00. The van der Waals surface area contributed by atoms with Gasteiger partial charge in [0, 0.05) is 17.6 Å². The molecule has 100 valence electrons. The summed E-state index contributed by atoms with van der Waals surface area (Å²) < 4.78 is 5.85. The van der Waals surface area contributed by atoms with E-state index in [2.05, 4.69) is 18.0 Å². The molecule has 0 atom stereocenters. The first kappa shape index (κ1) is 13.7. The Morgan fingerprint density at radius 3 is 2.78 bits per heavy atom. The summed E-state index contributed by atoms with van der Waals surface area (Å²) in [5, 5.41) is 0. The second-order valence-electron chi connectivity index (χ2n) is 5.15. The largest absolute Gasteiger partial charge is 0.477 e. The zero-order chi connectivity index (χ0) is 12.8. The van der Waals surface area contributed by atoms with Crippen LogP contribution in [0.2, 0.25) is 0 Å². The Kier molecular flexibility index (Phi) is 5.30. The maximum Gasteiger partial charge on any atom is 0.213 e. The molecule has 1 fully saturated rings. The van der Waals surface area contributed by atoms with Crippen LogP contribution in [0.3, 0.4) is 0 Å². The van der Waals surface area contributed by atoms with Gasteiger partial charge in [-0.25, -0.2) is 4.98 Å². The molecule has 0 aliphatic heterocycles. The van der Waals surface area contributed by atoms with Gasteiger partial charge < -0.3 is 4.74 Å². The van der Waals surface area contributed by atoms with Crippen molar-refractivity contribution in [2.24, 2.45) is 5.92 Å². The zero-order valence-corrected chi connectivity index (χ0v) is 11.9. The first-order valence-electron chi connectivity index (χ1n) is 7.00. The fourth-order valence-corrected chi connectivity index (χ4v) is 2.69. The number of ether oxygens (including phenoxy) is 1. The van der Waals surface area contributed by atoms with E-state index in [1.165, 1.54) is 25.7 Å². The molecule has 0 bridgehead atoms. The van der Waals surface area contributed by atoms with Crippen LogP contribution in [0, 0.1) is 5.92 Å². The van der Waals surface area contributed by atoms with Crippen LogP contribution in [0.5, 0.6) is 5.88 Å². The summed E-state index contributed by atoms with van der Waals surface area (Å²) in [7, 11) is 0. The molecule has 0 aromatic carbocycles. The van der Waals surface area contributed by atoms with Crippen molar-refractivity contribution in [2.75, 3.05) is 6.61 Å². The molecule has 0 saturated heterocycles. The summed E-state index contributed by atoms with van der Waals surface area (Å²) in [6.45, 7) is 2.97. The molecule has 18 heavy (non-hydrogen) atoms. The average Bonchev–Trinajstić information content (AvgIpc) is 2.89. The number of pyridine rings is 1. The van der Waals surface area contributed by atoms with Crippen LogP contribution >= 0.6 is 11.6 Å². The minimum absolute atomic E-state index is 0.527. The van der Waals surface area contributed by atoms with Crippen molar-refractivity contribution in [3.8, 4) is 5.88 Å². The Balaban J connectivity index is 1.98. The highest BCUT2D eigenvalue weighted by Crippen LogP contribution is 2.25. The normalized spacial score (nSPS) is 16.1. The number of aromatic nitrogens is 1. The third-order valence-electron chi connectivity index (χ3n) is 3.52. The van der Waals surface area contributed by atoms with Crippen LogP contribution in [0.4, 0.5) is 0 Å². The van der Waals surface area contributed by atoms with Gasteiger partial charge in [0.05, 0.1) is 6.61 Å². The molecule has 1 aromatic rings. The number of halogens is 1. The number of alkyl halides is 1. The average molecular weight is 268 g/mol. The van der Waals surface area contributed by atoms with E-state index in [4.69, 9.17) is 16.3 Å². The molecule has 0 radical (unpaired) electrons. The van der Waals surface area contributed by atoms with Gasteiger partial charge in [-0.1, -0.05) is 26.2 Å².